The molecular formula is C17H18N2O3. The molecule has 0 aliphatic carbocycles. The second kappa shape index (κ2) is 5.97. The molecule has 1 heterocycles. The summed E-state index contributed by atoms with van der Waals surface area (Å²) in [7, 11) is 1.60. The van der Waals surface area contributed by atoms with Crippen LogP contribution >= 0.6 is 0 Å². The van der Waals surface area contributed by atoms with Gasteiger partial charge in [0.25, 0.3) is 0 Å². The summed E-state index contributed by atoms with van der Waals surface area (Å²) in [5, 5.41) is 2.90. The lowest BCUT2D eigenvalue weighted by Crippen LogP contribution is -2.40. The molecule has 0 atom stereocenters. The van der Waals surface area contributed by atoms with E-state index in [0.29, 0.717) is 24.6 Å². The van der Waals surface area contributed by atoms with Gasteiger partial charge in [0.2, 0.25) is 0 Å². The summed E-state index contributed by atoms with van der Waals surface area (Å²) in [4.78, 5) is 14.3. The number of ether oxygens (including phenoxy) is 2. The molecule has 2 aromatic carbocycles. The summed E-state index contributed by atoms with van der Waals surface area (Å²) < 4.78 is 10.8. The van der Waals surface area contributed by atoms with Crippen LogP contribution in [0.3, 0.4) is 0 Å². The van der Waals surface area contributed by atoms with Crippen LogP contribution in [0.5, 0.6) is 11.5 Å². The number of anilines is 2. The van der Waals surface area contributed by atoms with E-state index in [-0.39, 0.29) is 6.03 Å². The number of nitrogens with one attached hydrogen (secondary N) is 1. The molecule has 0 radical (unpaired) electrons. The van der Waals surface area contributed by atoms with Crippen molar-refractivity contribution in [1.29, 1.82) is 0 Å². The van der Waals surface area contributed by atoms with E-state index in [1.54, 1.807) is 18.1 Å². The van der Waals surface area contributed by atoms with Crippen LogP contribution in [0, 0.1) is 6.92 Å². The first-order valence-electron chi connectivity index (χ1n) is 7.13. The molecule has 22 heavy (non-hydrogen) atoms. The van der Waals surface area contributed by atoms with Crippen molar-refractivity contribution in [2.45, 2.75) is 6.92 Å². The van der Waals surface area contributed by atoms with E-state index < -0.39 is 0 Å². The van der Waals surface area contributed by atoms with E-state index in [9.17, 15) is 4.79 Å². The Morgan fingerprint density at radius 2 is 2.14 bits per heavy atom. The minimum atomic E-state index is -0.177. The summed E-state index contributed by atoms with van der Waals surface area (Å²) in [6, 6.07) is 12.9. The van der Waals surface area contributed by atoms with Gasteiger partial charge in [0, 0.05) is 11.8 Å². The topological polar surface area (TPSA) is 50.8 Å². The lowest BCUT2D eigenvalue weighted by molar-refractivity contribution is 0.250. The predicted molar refractivity (Wildman–Crippen MR) is 86.0 cm³/mol. The highest BCUT2D eigenvalue weighted by atomic mass is 16.5. The molecule has 0 fully saturated rings. The van der Waals surface area contributed by atoms with Crippen LogP contribution in [0.25, 0.3) is 0 Å². The Balaban J connectivity index is 1.83. The molecule has 114 valence electrons. The Morgan fingerprint density at radius 3 is 2.95 bits per heavy atom. The number of fused-ring (bicyclic) bond motifs is 1. The lowest BCUT2D eigenvalue weighted by Gasteiger charge is -2.29. The van der Waals surface area contributed by atoms with Gasteiger partial charge in [-0.15, -0.1) is 0 Å². The van der Waals surface area contributed by atoms with Crippen molar-refractivity contribution in [3.8, 4) is 11.5 Å². The SMILES string of the molecule is COc1cccc(NC(=O)N2CCOc3ccc(C)cc32)c1. The summed E-state index contributed by atoms with van der Waals surface area (Å²) in [5.41, 5.74) is 2.58. The zero-order chi connectivity index (χ0) is 15.5. The van der Waals surface area contributed by atoms with Crippen molar-refractivity contribution in [2.24, 2.45) is 0 Å². The minimum absolute atomic E-state index is 0.177. The highest BCUT2D eigenvalue weighted by Crippen LogP contribution is 2.32. The fourth-order valence-electron chi connectivity index (χ4n) is 2.43. The molecule has 1 N–H and O–H groups in total. The quantitative estimate of drug-likeness (QED) is 0.924. The molecule has 5 heteroatoms. The van der Waals surface area contributed by atoms with Gasteiger partial charge < -0.3 is 14.8 Å². The van der Waals surface area contributed by atoms with E-state index in [1.165, 1.54) is 0 Å². The standard InChI is InChI=1S/C17H18N2O3/c1-12-6-7-16-15(10-12)19(8-9-22-16)17(20)18-13-4-3-5-14(11-13)21-2/h3-7,10-11H,8-9H2,1-2H3,(H,18,20). The lowest BCUT2D eigenvalue weighted by atomic mass is 10.1. The zero-order valence-corrected chi connectivity index (χ0v) is 12.6. The number of hydrogen-bond acceptors (Lipinski definition) is 3. The number of urea groups is 1. The Kier molecular flexibility index (Phi) is 3.87. The average molecular weight is 298 g/mol. The first kappa shape index (κ1) is 14.3. The number of nitrogens with zero attached hydrogens (tertiary/aromatic N) is 1. The summed E-state index contributed by atoms with van der Waals surface area (Å²) in [6.07, 6.45) is 0. The predicted octanol–water partition coefficient (Wildman–Crippen LogP) is 3.43. The number of amides is 2. The monoisotopic (exact) mass is 298 g/mol. The molecule has 0 saturated heterocycles. The number of aryl methyl sites for hydroxylation is 1. The third-order valence-corrected chi connectivity index (χ3v) is 3.54. The Morgan fingerprint density at radius 1 is 1.27 bits per heavy atom. The summed E-state index contributed by atoms with van der Waals surface area (Å²) in [5.74, 6) is 1.44. The maximum atomic E-state index is 12.6. The minimum Gasteiger partial charge on any atom is -0.497 e. The van der Waals surface area contributed by atoms with E-state index in [0.717, 1.165) is 17.0 Å². The van der Waals surface area contributed by atoms with Gasteiger partial charge in [0.1, 0.15) is 18.1 Å². The van der Waals surface area contributed by atoms with Gasteiger partial charge in [-0.05, 0) is 36.8 Å². The normalized spacial score (nSPS) is 13.1. The first-order valence-corrected chi connectivity index (χ1v) is 7.13. The molecule has 0 aromatic heterocycles. The first-order chi connectivity index (χ1) is 10.7. The van der Waals surface area contributed by atoms with E-state index in [4.69, 9.17) is 9.47 Å². The number of hydrogen-bond donors (Lipinski definition) is 1. The van der Waals surface area contributed by atoms with Gasteiger partial charge in [-0.2, -0.15) is 0 Å². The fourth-order valence-corrected chi connectivity index (χ4v) is 2.43. The smallest absolute Gasteiger partial charge is 0.326 e. The molecule has 5 nitrogen and oxygen atoms in total. The number of rotatable bonds is 2. The van der Waals surface area contributed by atoms with Gasteiger partial charge >= 0.3 is 6.03 Å². The van der Waals surface area contributed by atoms with Crippen molar-refractivity contribution >= 4 is 17.4 Å². The maximum Gasteiger partial charge on any atom is 0.326 e. The summed E-state index contributed by atoms with van der Waals surface area (Å²) in [6.45, 7) is 3.00. The van der Waals surface area contributed by atoms with Crippen LogP contribution in [0.2, 0.25) is 0 Å². The van der Waals surface area contributed by atoms with E-state index >= 15 is 0 Å². The van der Waals surface area contributed by atoms with E-state index in [1.807, 2.05) is 43.3 Å². The number of carbonyl (C=O) groups excluding carboxylic acids is 1. The molecule has 2 amide bonds. The highest BCUT2D eigenvalue weighted by molar-refractivity contribution is 6.03. The molecule has 0 bridgehead atoms. The molecular weight excluding hydrogens is 280 g/mol. The molecule has 0 spiro atoms. The van der Waals surface area contributed by atoms with E-state index in [2.05, 4.69) is 5.32 Å². The third kappa shape index (κ3) is 2.83. The molecule has 2 aromatic rings. The van der Waals surface area contributed by atoms with Crippen LogP contribution < -0.4 is 19.7 Å². The molecule has 0 saturated carbocycles. The Labute approximate surface area is 129 Å². The van der Waals surface area contributed by atoms with Crippen molar-refractivity contribution in [3.05, 3.63) is 48.0 Å². The van der Waals surface area contributed by atoms with Crippen molar-refractivity contribution < 1.29 is 14.3 Å². The van der Waals surface area contributed by atoms with Gasteiger partial charge in [0.15, 0.2) is 0 Å². The van der Waals surface area contributed by atoms with Gasteiger partial charge in [-0.25, -0.2) is 4.79 Å². The number of carbonyl (C=O) groups is 1. The van der Waals surface area contributed by atoms with Crippen LogP contribution in [0.15, 0.2) is 42.5 Å². The van der Waals surface area contributed by atoms with Crippen LogP contribution in [-0.4, -0.2) is 26.3 Å². The van der Waals surface area contributed by atoms with Crippen molar-refractivity contribution in [2.75, 3.05) is 30.5 Å². The Hall–Kier alpha value is -2.69. The second-order valence-corrected chi connectivity index (χ2v) is 5.13. The van der Waals surface area contributed by atoms with Crippen LogP contribution in [-0.2, 0) is 0 Å². The van der Waals surface area contributed by atoms with Crippen molar-refractivity contribution in [1.82, 2.24) is 0 Å². The maximum absolute atomic E-state index is 12.6. The van der Waals surface area contributed by atoms with Gasteiger partial charge in [-0.3, -0.25) is 4.90 Å². The third-order valence-electron chi connectivity index (χ3n) is 3.54. The Bertz CT molecular complexity index is 700. The molecule has 3 rings (SSSR count). The van der Waals surface area contributed by atoms with Crippen LogP contribution in [0.4, 0.5) is 16.2 Å². The van der Waals surface area contributed by atoms with Crippen molar-refractivity contribution in [3.63, 3.8) is 0 Å². The second-order valence-electron chi connectivity index (χ2n) is 5.13. The van der Waals surface area contributed by atoms with Gasteiger partial charge in [-0.1, -0.05) is 12.1 Å². The largest absolute Gasteiger partial charge is 0.497 e. The number of methoxy groups -OCH3 is 1. The molecule has 1 aliphatic heterocycles. The molecule has 1 aliphatic rings. The zero-order valence-electron chi connectivity index (χ0n) is 12.6. The van der Waals surface area contributed by atoms with Crippen LogP contribution in [0.1, 0.15) is 5.56 Å². The fraction of sp³-hybridized carbons (Fsp3) is 0.235. The van der Waals surface area contributed by atoms with Gasteiger partial charge in [0.05, 0.1) is 19.3 Å². The number of benzene rings is 2. The highest BCUT2D eigenvalue weighted by Gasteiger charge is 2.23. The molecule has 0 unspecified atom stereocenters. The average Bonchev–Trinajstić information content (AvgIpc) is 2.54. The summed E-state index contributed by atoms with van der Waals surface area (Å²) >= 11 is 0.